The molecule has 0 amide bonds. The molecule has 1 fully saturated rings. The number of guanidine groups is 1. The summed E-state index contributed by atoms with van der Waals surface area (Å²) in [4.78, 5) is 8.36. The van der Waals surface area contributed by atoms with Crippen molar-refractivity contribution >= 4 is 17.3 Å². The molecular weight excluding hydrogens is 292 g/mol. The van der Waals surface area contributed by atoms with Crippen molar-refractivity contribution in [3.05, 3.63) is 22.4 Å². The lowest BCUT2D eigenvalue weighted by atomic mass is 10.1. The van der Waals surface area contributed by atoms with Crippen molar-refractivity contribution in [2.24, 2.45) is 4.99 Å². The van der Waals surface area contributed by atoms with Gasteiger partial charge in [-0.15, -0.1) is 11.3 Å². The van der Waals surface area contributed by atoms with Gasteiger partial charge in [-0.2, -0.15) is 0 Å². The van der Waals surface area contributed by atoms with Crippen LogP contribution in [0.15, 0.2) is 22.5 Å². The minimum Gasteiger partial charge on any atom is -0.356 e. The van der Waals surface area contributed by atoms with Crippen molar-refractivity contribution in [2.45, 2.75) is 45.1 Å². The maximum absolute atomic E-state index is 4.38. The minimum atomic E-state index is 0.518. The summed E-state index contributed by atoms with van der Waals surface area (Å²) in [5.74, 6) is 1.46. The normalized spacial score (nSPS) is 19.1. The SMILES string of the molecule is CCCN1CCC(NC(=NC)NCC(C)c2cccs2)CC1. The Morgan fingerprint density at radius 1 is 1.45 bits per heavy atom. The molecule has 1 aromatic rings. The molecule has 5 heteroatoms. The lowest BCUT2D eigenvalue weighted by Gasteiger charge is -2.33. The van der Waals surface area contributed by atoms with Gasteiger partial charge in [-0.25, -0.2) is 0 Å². The Bertz CT molecular complexity index is 436. The molecule has 2 N–H and O–H groups in total. The van der Waals surface area contributed by atoms with Crippen molar-refractivity contribution < 1.29 is 0 Å². The van der Waals surface area contributed by atoms with Crippen molar-refractivity contribution in [3.8, 4) is 0 Å². The molecule has 1 aliphatic heterocycles. The van der Waals surface area contributed by atoms with E-state index in [1.165, 1.54) is 43.8 Å². The average Bonchev–Trinajstić information content (AvgIpc) is 3.07. The molecule has 0 bridgehead atoms. The fraction of sp³-hybridized carbons (Fsp3) is 0.706. The monoisotopic (exact) mass is 322 g/mol. The maximum atomic E-state index is 4.38. The Balaban J connectivity index is 1.72. The number of piperidine rings is 1. The number of thiophene rings is 1. The Morgan fingerprint density at radius 2 is 2.23 bits per heavy atom. The van der Waals surface area contributed by atoms with Gasteiger partial charge in [0.2, 0.25) is 0 Å². The Labute approximate surface area is 139 Å². The van der Waals surface area contributed by atoms with Gasteiger partial charge >= 0.3 is 0 Å². The molecule has 22 heavy (non-hydrogen) atoms. The van der Waals surface area contributed by atoms with E-state index in [1.807, 2.05) is 18.4 Å². The highest BCUT2D eigenvalue weighted by atomic mass is 32.1. The van der Waals surface area contributed by atoms with Crippen LogP contribution in [0.25, 0.3) is 0 Å². The smallest absolute Gasteiger partial charge is 0.191 e. The highest BCUT2D eigenvalue weighted by Crippen LogP contribution is 2.19. The zero-order chi connectivity index (χ0) is 15.8. The van der Waals surface area contributed by atoms with E-state index in [0.29, 0.717) is 12.0 Å². The van der Waals surface area contributed by atoms with Gasteiger partial charge in [0, 0.05) is 43.5 Å². The fourth-order valence-electron chi connectivity index (χ4n) is 2.93. The summed E-state index contributed by atoms with van der Waals surface area (Å²) in [6, 6.07) is 4.88. The van der Waals surface area contributed by atoms with Crippen LogP contribution in [0.3, 0.4) is 0 Å². The zero-order valence-electron chi connectivity index (χ0n) is 14.1. The van der Waals surface area contributed by atoms with E-state index in [9.17, 15) is 0 Å². The van der Waals surface area contributed by atoms with E-state index < -0.39 is 0 Å². The Kier molecular flexibility index (Phi) is 7.19. The largest absolute Gasteiger partial charge is 0.356 e. The van der Waals surface area contributed by atoms with E-state index in [-0.39, 0.29) is 0 Å². The van der Waals surface area contributed by atoms with Crippen LogP contribution in [0.1, 0.15) is 43.9 Å². The number of rotatable bonds is 6. The van der Waals surface area contributed by atoms with Crippen molar-refractivity contribution in [1.29, 1.82) is 0 Å². The zero-order valence-corrected chi connectivity index (χ0v) is 15.0. The first-order valence-electron chi connectivity index (χ1n) is 8.45. The Hall–Kier alpha value is -1.07. The topological polar surface area (TPSA) is 39.7 Å². The number of nitrogens with one attached hydrogen (secondary N) is 2. The van der Waals surface area contributed by atoms with Crippen LogP contribution >= 0.6 is 11.3 Å². The maximum Gasteiger partial charge on any atom is 0.191 e. The van der Waals surface area contributed by atoms with Gasteiger partial charge in [-0.3, -0.25) is 4.99 Å². The number of aliphatic imine (C=N–C) groups is 1. The highest BCUT2D eigenvalue weighted by Gasteiger charge is 2.19. The molecule has 1 saturated heterocycles. The van der Waals surface area contributed by atoms with Crippen molar-refractivity contribution in [3.63, 3.8) is 0 Å². The second-order valence-corrected chi connectivity index (χ2v) is 7.11. The standard InChI is InChI=1S/C17H30N4S/c1-4-9-21-10-7-15(8-11-21)20-17(18-3)19-13-14(2)16-6-5-12-22-16/h5-6,12,14-15H,4,7-11,13H2,1-3H3,(H2,18,19,20). The van der Waals surface area contributed by atoms with Gasteiger partial charge < -0.3 is 15.5 Å². The first-order valence-corrected chi connectivity index (χ1v) is 9.33. The van der Waals surface area contributed by atoms with Gasteiger partial charge in [0.25, 0.3) is 0 Å². The summed E-state index contributed by atoms with van der Waals surface area (Å²) in [5, 5.41) is 9.20. The molecule has 0 aromatic carbocycles. The molecule has 1 unspecified atom stereocenters. The van der Waals surface area contributed by atoms with E-state index >= 15 is 0 Å². The van der Waals surface area contributed by atoms with Gasteiger partial charge in [0.05, 0.1) is 0 Å². The quantitative estimate of drug-likeness (QED) is 0.625. The lowest BCUT2D eigenvalue weighted by Crippen LogP contribution is -2.49. The van der Waals surface area contributed by atoms with E-state index in [4.69, 9.17) is 0 Å². The molecule has 1 aromatic heterocycles. The molecule has 2 rings (SSSR count). The average molecular weight is 323 g/mol. The van der Waals surface area contributed by atoms with E-state index in [2.05, 4.69) is 51.9 Å². The van der Waals surface area contributed by atoms with Crippen LogP contribution < -0.4 is 10.6 Å². The summed E-state index contributed by atoms with van der Waals surface area (Å²) in [5.41, 5.74) is 0. The third kappa shape index (κ3) is 5.29. The third-order valence-electron chi connectivity index (χ3n) is 4.30. The van der Waals surface area contributed by atoms with Crippen LogP contribution in [0, 0.1) is 0 Å². The Morgan fingerprint density at radius 3 is 2.82 bits per heavy atom. The number of hydrogen-bond acceptors (Lipinski definition) is 3. The molecule has 1 aliphatic rings. The van der Waals surface area contributed by atoms with Crippen LogP contribution in [-0.4, -0.2) is 50.1 Å². The molecule has 2 heterocycles. The van der Waals surface area contributed by atoms with Crippen molar-refractivity contribution in [1.82, 2.24) is 15.5 Å². The van der Waals surface area contributed by atoms with Gasteiger partial charge in [0.15, 0.2) is 5.96 Å². The predicted molar refractivity (Wildman–Crippen MR) is 97.0 cm³/mol. The van der Waals surface area contributed by atoms with E-state index in [1.54, 1.807) is 0 Å². The number of hydrogen-bond donors (Lipinski definition) is 2. The summed E-state index contributed by atoms with van der Waals surface area (Å²) in [7, 11) is 1.86. The molecule has 1 atom stereocenters. The van der Waals surface area contributed by atoms with Crippen LogP contribution in [0.2, 0.25) is 0 Å². The van der Waals surface area contributed by atoms with Crippen LogP contribution in [-0.2, 0) is 0 Å². The minimum absolute atomic E-state index is 0.518. The first-order chi connectivity index (χ1) is 10.7. The highest BCUT2D eigenvalue weighted by molar-refractivity contribution is 7.10. The van der Waals surface area contributed by atoms with Gasteiger partial charge in [-0.05, 0) is 37.3 Å². The summed E-state index contributed by atoms with van der Waals surface area (Å²) >= 11 is 1.82. The second-order valence-electron chi connectivity index (χ2n) is 6.13. The second kappa shape index (κ2) is 9.16. The predicted octanol–water partition coefficient (Wildman–Crippen LogP) is 2.89. The van der Waals surface area contributed by atoms with E-state index in [0.717, 1.165) is 12.5 Å². The number of nitrogens with zero attached hydrogens (tertiary/aromatic N) is 2. The van der Waals surface area contributed by atoms with Gasteiger partial charge in [-0.1, -0.05) is 19.9 Å². The molecule has 4 nitrogen and oxygen atoms in total. The first kappa shape index (κ1) is 17.3. The lowest BCUT2D eigenvalue weighted by molar-refractivity contribution is 0.206. The molecule has 0 spiro atoms. The van der Waals surface area contributed by atoms with Crippen LogP contribution in [0.5, 0.6) is 0 Å². The third-order valence-corrected chi connectivity index (χ3v) is 5.40. The summed E-state index contributed by atoms with van der Waals surface area (Å²) in [6.07, 6.45) is 3.67. The van der Waals surface area contributed by atoms with Crippen molar-refractivity contribution in [2.75, 3.05) is 33.2 Å². The van der Waals surface area contributed by atoms with Crippen LogP contribution in [0.4, 0.5) is 0 Å². The molecule has 0 aliphatic carbocycles. The van der Waals surface area contributed by atoms with Gasteiger partial charge in [0.1, 0.15) is 0 Å². The summed E-state index contributed by atoms with van der Waals surface area (Å²) < 4.78 is 0. The summed E-state index contributed by atoms with van der Waals surface area (Å²) in [6.45, 7) is 9.08. The molecular formula is C17H30N4S. The molecule has 124 valence electrons. The number of likely N-dealkylation sites (tertiary alicyclic amines) is 1. The molecule has 0 saturated carbocycles. The fourth-order valence-corrected chi connectivity index (χ4v) is 3.71. The molecule has 0 radical (unpaired) electrons.